The summed E-state index contributed by atoms with van der Waals surface area (Å²) in [6, 6.07) is 9.48. The molecule has 1 aromatic carbocycles. The van der Waals surface area contributed by atoms with Crippen LogP contribution in [0.25, 0.3) is 0 Å². The first-order chi connectivity index (χ1) is 10.2. The molecule has 3 rings (SSSR count). The number of hydrogen-bond acceptors (Lipinski definition) is 2. The number of para-hydroxylation sites is 1. The van der Waals surface area contributed by atoms with Crippen molar-refractivity contribution in [1.82, 2.24) is 0 Å². The van der Waals surface area contributed by atoms with Crippen LogP contribution in [-0.2, 0) is 6.42 Å². The minimum Gasteiger partial charge on any atom is -0.366 e. The van der Waals surface area contributed by atoms with Gasteiger partial charge in [-0.1, -0.05) is 44.9 Å². The zero-order valence-electron chi connectivity index (χ0n) is 13.6. The summed E-state index contributed by atoms with van der Waals surface area (Å²) in [6.45, 7) is 6.73. The standard InChI is InChI=1S/C19H30N2/c1-14-7-9-16(10-8-14)19(12-20)21-13-15(2)11-17-5-3-4-6-18(17)21/h3-6,14-16,19H,7-13,20H2,1-2H3. The van der Waals surface area contributed by atoms with E-state index in [0.29, 0.717) is 6.04 Å². The summed E-state index contributed by atoms with van der Waals surface area (Å²) in [6.07, 6.45) is 6.69. The van der Waals surface area contributed by atoms with Crippen LogP contribution in [0, 0.1) is 17.8 Å². The van der Waals surface area contributed by atoms with E-state index in [2.05, 4.69) is 43.0 Å². The van der Waals surface area contributed by atoms with Gasteiger partial charge in [0.25, 0.3) is 0 Å². The highest BCUT2D eigenvalue weighted by molar-refractivity contribution is 5.56. The zero-order valence-corrected chi connectivity index (χ0v) is 13.6. The Hall–Kier alpha value is -1.02. The largest absolute Gasteiger partial charge is 0.366 e. The van der Waals surface area contributed by atoms with Crippen molar-refractivity contribution >= 4 is 5.69 Å². The van der Waals surface area contributed by atoms with Crippen LogP contribution in [-0.4, -0.2) is 19.1 Å². The number of hydrogen-bond donors (Lipinski definition) is 1. The molecule has 2 nitrogen and oxygen atoms in total. The fourth-order valence-electron chi connectivity index (χ4n) is 4.40. The summed E-state index contributed by atoms with van der Waals surface area (Å²) in [5.74, 6) is 2.42. The van der Waals surface area contributed by atoms with Crippen molar-refractivity contribution < 1.29 is 0 Å². The molecule has 1 aliphatic carbocycles. The number of nitrogens with zero attached hydrogens (tertiary/aromatic N) is 1. The third-order valence-corrected chi connectivity index (χ3v) is 5.62. The summed E-state index contributed by atoms with van der Waals surface area (Å²) in [5.41, 5.74) is 9.19. The van der Waals surface area contributed by atoms with E-state index in [0.717, 1.165) is 24.3 Å². The molecule has 1 heterocycles. The fraction of sp³-hybridized carbons (Fsp3) is 0.684. The van der Waals surface area contributed by atoms with Crippen LogP contribution in [0.4, 0.5) is 5.69 Å². The second-order valence-electron chi connectivity index (χ2n) is 7.41. The number of fused-ring (bicyclic) bond motifs is 1. The maximum absolute atomic E-state index is 6.23. The maximum Gasteiger partial charge on any atom is 0.0440 e. The summed E-state index contributed by atoms with van der Waals surface area (Å²) >= 11 is 0. The molecule has 0 bridgehead atoms. The second-order valence-corrected chi connectivity index (χ2v) is 7.41. The molecule has 2 N–H and O–H groups in total. The lowest BCUT2D eigenvalue weighted by Gasteiger charge is -2.45. The van der Waals surface area contributed by atoms with Gasteiger partial charge >= 0.3 is 0 Å². The van der Waals surface area contributed by atoms with E-state index in [1.165, 1.54) is 49.9 Å². The first kappa shape index (κ1) is 14.9. The molecule has 1 fully saturated rings. The second kappa shape index (κ2) is 6.39. The minimum atomic E-state index is 0.529. The van der Waals surface area contributed by atoms with Crippen LogP contribution in [0.15, 0.2) is 24.3 Å². The Labute approximate surface area is 129 Å². The highest BCUT2D eigenvalue weighted by Crippen LogP contribution is 2.37. The molecule has 0 radical (unpaired) electrons. The number of benzene rings is 1. The third-order valence-electron chi connectivity index (χ3n) is 5.62. The molecule has 0 saturated heterocycles. The number of nitrogens with two attached hydrogens (primary N) is 1. The lowest BCUT2D eigenvalue weighted by molar-refractivity contribution is 0.244. The van der Waals surface area contributed by atoms with Gasteiger partial charge in [0.15, 0.2) is 0 Å². The molecule has 2 aliphatic rings. The Morgan fingerprint density at radius 1 is 1.10 bits per heavy atom. The minimum absolute atomic E-state index is 0.529. The first-order valence-corrected chi connectivity index (χ1v) is 8.73. The van der Waals surface area contributed by atoms with Crippen molar-refractivity contribution in [3.05, 3.63) is 29.8 Å². The van der Waals surface area contributed by atoms with Gasteiger partial charge in [-0.25, -0.2) is 0 Å². The van der Waals surface area contributed by atoms with Crippen molar-refractivity contribution in [2.75, 3.05) is 18.0 Å². The number of anilines is 1. The molecular formula is C19H30N2. The van der Waals surface area contributed by atoms with E-state index in [1.807, 2.05) is 0 Å². The highest BCUT2D eigenvalue weighted by atomic mass is 15.2. The van der Waals surface area contributed by atoms with Crippen LogP contribution >= 0.6 is 0 Å². The van der Waals surface area contributed by atoms with Crippen molar-refractivity contribution in [2.24, 2.45) is 23.5 Å². The summed E-state index contributed by atoms with van der Waals surface area (Å²) in [5, 5.41) is 0. The van der Waals surface area contributed by atoms with Gasteiger partial charge in [-0.05, 0) is 48.6 Å². The van der Waals surface area contributed by atoms with Gasteiger partial charge in [-0.3, -0.25) is 0 Å². The molecule has 2 heteroatoms. The predicted molar refractivity (Wildman–Crippen MR) is 90.6 cm³/mol. The van der Waals surface area contributed by atoms with Gasteiger partial charge in [-0.2, -0.15) is 0 Å². The Bertz CT molecular complexity index is 462. The van der Waals surface area contributed by atoms with Crippen LogP contribution in [0.5, 0.6) is 0 Å². The fourth-order valence-corrected chi connectivity index (χ4v) is 4.40. The van der Waals surface area contributed by atoms with Gasteiger partial charge in [0, 0.05) is 24.8 Å². The SMILES string of the molecule is CC1CCC(C(CN)N2CC(C)Cc3ccccc32)CC1. The van der Waals surface area contributed by atoms with Crippen molar-refractivity contribution in [3.8, 4) is 0 Å². The molecule has 0 amide bonds. The van der Waals surface area contributed by atoms with Crippen LogP contribution in [0.3, 0.4) is 0 Å². The topological polar surface area (TPSA) is 29.3 Å². The van der Waals surface area contributed by atoms with E-state index < -0.39 is 0 Å². The van der Waals surface area contributed by atoms with Gasteiger partial charge in [0.1, 0.15) is 0 Å². The average Bonchev–Trinajstić information content (AvgIpc) is 2.49. The zero-order chi connectivity index (χ0) is 14.8. The summed E-state index contributed by atoms with van der Waals surface area (Å²) in [7, 11) is 0. The monoisotopic (exact) mass is 286 g/mol. The molecule has 1 aromatic rings. The van der Waals surface area contributed by atoms with Gasteiger partial charge < -0.3 is 10.6 Å². The van der Waals surface area contributed by atoms with Gasteiger partial charge in [0.05, 0.1) is 0 Å². The van der Waals surface area contributed by atoms with Crippen molar-refractivity contribution in [3.63, 3.8) is 0 Å². The molecule has 1 aliphatic heterocycles. The molecule has 0 spiro atoms. The van der Waals surface area contributed by atoms with E-state index in [4.69, 9.17) is 5.73 Å². The molecule has 116 valence electrons. The smallest absolute Gasteiger partial charge is 0.0440 e. The Balaban J connectivity index is 1.83. The third kappa shape index (κ3) is 3.11. The summed E-state index contributed by atoms with van der Waals surface area (Å²) in [4.78, 5) is 2.64. The summed E-state index contributed by atoms with van der Waals surface area (Å²) < 4.78 is 0. The molecule has 2 atom stereocenters. The van der Waals surface area contributed by atoms with Crippen LogP contribution < -0.4 is 10.6 Å². The van der Waals surface area contributed by atoms with Crippen LogP contribution in [0.1, 0.15) is 45.1 Å². The molecule has 21 heavy (non-hydrogen) atoms. The highest BCUT2D eigenvalue weighted by Gasteiger charge is 2.33. The lowest BCUT2D eigenvalue weighted by Crippen LogP contribution is -2.50. The molecular weight excluding hydrogens is 256 g/mol. The predicted octanol–water partition coefficient (Wildman–Crippen LogP) is 3.84. The van der Waals surface area contributed by atoms with Gasteiger partial charge in [0.2, 0.25) is 0 Å². The average molecular weight is 286 g/mol. The Morgan fingerprint density at radius 2 is 1.81 bits per heavy atom. The normalized spacial score (nSPS) is 30.8. The Morgan fingerprint density at radius 3 is 2.52 bits per heavy atom. The quantitative estimate of drug-likeness (QED) is 0.915. The molecule has 2 unspecified atom stereocenters. The molecule has 0 aromatic heterocycles. The lowest BCUT2D eigenvalue weighted by atomic mass is 9.78. The first-order valence-electron chi connectivity index (χ1n) is 8.73. The Kier molecular flexibility index (Phi) is 4.54. The van der Waals surface area contributed by atoms with E-state index in [9.17, 15) is 0 Å². The van der Waals surface area contributed by atoms with Crippen LogP contribution in [0.2, 0.25) is 0 Å². The van der Waals surface area contributed by atoms with Crippen molar-refractivity contribution in [2.45, 2.75) is 52.0 Å². The maximum atomic E-state index is 6.23. The van der Waals surface area contributed by atoms with Crippen molar-refractivity contribution in [1.29, 1.82) is 0 Å². The number of rotatable bonds is 3. The van der Waals surface area contributed by atoms with E-state index >= 15 is 0 Å². The van der Waals surface area contributed by atoms with E-state index in [-0.39, 0.29) is 0 Å². The van der Waals surface area contributed by atoms with E-state index in [1.54, 1.807) is 0 Å². The van der Waals surface area contributed by atoms with Gasteiger partial charge in [-0.15, -0.1) is 0 Å². The molecule has 1 saturated carbocycles.